The Bertz CT molecular complexity index is 744. The molecule has 1 atom stereocenters. The Morgan fingerprint density at radius 1 is 1.12 bits per heavy atom. The predicted octanol–water partition coefficient (Wildman–Crippen LogP) is 4.40. The predicted molar refractivity (Wildman–Crippen MR) is 80.2 cm³/mol. The summed E-state index contributed by atoms with van der Waals surface area (Å²) < 4.78 is 67.3. The van der Waals surface area contributed by atoms with E-state index in [2.05, 4.69) is 10.1 Å². The van der Waals surface area contributed by atoms with Crippen LogP contribution in [0.4, 0.5) is 22.0 Å². The minimum absolute atomic E-state index is 0.0356. The summed E-state index contributed by atoms with van der Waals surface area (Å²) in [4.78, 5) is 12.1. The van der Waals surface area contributed by atoms with Crippen molar-refractivity contribution in [2.45, 2.75) is 19.1 Å². The van der Waals surface area contributed by atoms with Crippen LogP contribution < -0.4 is 10.1 Å². The lowest BCUT2D eigenvalue weighted by atomic mass is 10.1. The van der Waals surface area contributed by atoms with E-state index in [1.54, 1.807) is 0 Å². The molecule has 2 rings (SSSR count). The van der Waals surface area contributed by atoms with Gasteiger partial charge in [0.25, 0.3) is 5.91 Å². The van der Waals surface area contributed by atoms with E-state index >= 15 is 0 Å². The number of alkyl halides is 3. The molecule has 0 saturated carbocycles. The highest BCUT2D eigenvalue weighted by atomic mass is 19.4. The van der Waals surface area contributed by atoms with Crippen LogP contribution in [0, 0.1) is 11.6 Å². The van der Waals surface area contributed by atoms with Gasteiger partial charge in [-0.05, 0) is 37.3 Å². The van der Waals surface area contributed by atoms with Crippen LogP contribution in [0.5, 0.6) is 5.75 Å². The fraction of sp³-hybridized carbons (Fsp3) is 0.235. The molecule has 8 heteroatoms. The van der Waals surface area contributed by atoms with E-state index in [0.717, 1.165) is 6.07 Å². The van der Waals surface area contributed by atoms with Crippen LogP contribution in [-0.4, -0.2) is 18.7 Å². The van der Waals surface area contributed by atoms with Crippen molar-refractivity contribution in [1.29, 1.82) is 0 Å². The van der Waals surface area contributed by atoms with E-state index < -0.39 is 36.4 Å². The van der Waals surface area contributed by atoms with Gasteiger partial charge in [0.15, 0.2) is 6.61 Å². The molecule has 134 valence electrons. The first-order valence-corrected chi connectivity index (χ1v) is 7.21. The van der Waals surface area contributed by atoms with Crippen LogP contribution in [0.25, 0.3) is 0 Å². The van der Waals surface area contributed by atoms with E-state index in [4.69, 9.17) is 0 Å². The summed E-state index contributed by atoms with van der Waals surface area (Å²) in [6, 6.07) is 7.31. The van der Waals surface area contributed by atoms with Gasteiger partial charge in [-0.1, -0.05) is 6.07 Å². The van der Waals surface area contributed by atoms with Gasteiger partial charge in [-0.2, -0.15) is 13.2 Å². The molecule has 0 aliphatic rings. The van der Waals surface area contributed by atoms with Crippen molar-refractivity contribution in [2.75, 3.05) is 6.61 Å². The number of hydrogen-bond acceptors (Lipinski definition) is 2. The maximum atomic E-state index is 13.7. The van der Waals surface area contributed by atoms with Crippen LogP contribution >= 0.6 is 0 Å². The van der Waals surface area contributed by atoms with Gasteiger partial charge < -0.3 is 10.1 Å². The Hall–Kier alpha value is -2.64. The van der Waals surface area contributed by atoms with E-state index in [9.17, 15) is 26.7 Å². The van der Waals surface area contributed by atoms with Crippen molar-refractivity contribution < 1.29 is 31.5 Å². The highest BCUT2D eigenvalue weighted by Gasteiger charge is 2.28. The summed E-state index contributed by atoms with van der Waals surface area (Å²) in [6.07, 6.45) is -4.45. The Labute approximate surface area is 140 Å². The lowest BCUT2D eigenvalue weighted by molar-refractivity contribution is -0.153. The molecular formula is C17H14F5NO2. The molecule has 2 aromatic carbocycles. The molecule has 25 heavy (non-hydrogen) atoms. The summed E-state index contributed by atoms with van der Waals surface area (Å²) >= 11 is 0. The van der Waals surface area contributed by atoms with Gasteiger partial charge in [0.1, 0.15) is 17.4 Å². The standard InChI is InChI=1S/C17H14F5NO2/c1-10(14-7-4-12(18)8-15(14)19)23-16(24)11-2-5-13(6-3-11)25-9-17(20,21)22/h2-8,10H,9H2,1H3,(H,23,24). The third kappa shape index (κ3) is 5.44. The Morgan fingerprint density at radius 2 is 1.76 bits per heavy atom. The zero-order chi connectivity index (χ0) is 18.6. The van der Waals surface area contributed by atoms with Gasteiger partial charge in [-0.3, -0.25) is 4.79 Å². The first-order chi connectivity index (χ1) is 11.7. The highest BCUT2D eigenvalue weighted by Crippen LogP contribution is 2.20. The van der Waals surface area contributed by atoms with E-state index in [1.807, 2.05) is 0 Å². The van der Waals surface area contributed by atoms with E-state index in [1.165, 1.54) is 37.3 Å². The first kappa shape index (κ1) is 18.7. The summed E-state index contributed by atoms with van der Waals surface area (Å²) in [7, 11) is 0. The Balaban J connectivity index is 2.00. The van der Waals surface area contributed by atoms with Gasteiger partial charge in [-0.15, -0.1) is 0 Å². The van der Waals surface area contributed by atoms with Crippen molar-refractivity contribution in [2.24, 2.45) is 0 Å². The molecule has 0 bridgehead atoms. The number of rotatable bonds is 5. The summed E-state index contributed by atoms with van der Waals surface area (Å²) in [5.74, 6) is -2.11. The maximum Gasteiger partial charge on any atom is 0.422 e. The SMILES string of the molecule is CC(NC(=O)c1ccc(OCC(F)(F)F)cc1)c1ccc(F)cc1F. The molecule has 0 spiro atoms. The lowest BCUT2D eigenvalue weighted by Gasteiger charge is -2.15. The minimum atomic E-state index is -4.45. The monoisotopic (exact) mass is 359 g/mol. The minimum Gasteiger partial charge on any atom is -0.484 e. The smallest absolute Gasteiger partial charge is 0.422 e. The molecule has 1 unspecified atom stereocenters. The average molecular weight is 359 g/mol. The summed E-state index contributed by atoms with van der Waals surface area (Å²) in [5.41, 5.74) is 0.272. The van der Waals surface area contributed by atoms with Crippen LogP contribution in [-0.2, 0) is 0 Å². The highest BCUT2D eigenvalue weighted by molar-refractivity contribution is 5.94. The van der Waals surface area contributed by atoms with Gasteiger partial charge in [0.05, 0.1) is 6.04 Å². The molecule has 2 aromatic rings. The lowest BCUT2D eigenvalue weighted by Crippen LogP contribution is -2.27. The van der Waals surface area contributed by atoms with Gasteiger partial charge in [-0.25, -0.2) is 8.78 Å². The Kier molecular flexibility index (Phi) is 5.61. The molecule has 0 aliphatic carbocycles. The molecular weight excluding hydrogens is 345 g/mol. The number of ether oxygens (including phenoxy) is 1. The zero-order valence-electron chi connectivity index (χ0n) is 13.0. The van der Waals surface area contributed by atoms with Crippen molar-refractivity contribution in [3.63, 3.8) is 0 Å². The van der Waals surface area contributed by atoms with Crippen LogP contribution in [0.2, 0.25) is 0 Å². The molecule has 0 fully saturated rings. The number of carbonyl (C=O) groups is 1. The van der Waals surface area contributed by atoms with Crippen molar-refractivity contribution >= 4 is 5.91 Å². The molecule has 1 N–H and O–H groups in total. The maximum absolute atomic E-state index is 13.7. The number of benzene rings is 2. The fourth-order valence-corrected chi connectivity index (χ4v) is 2.08. The molecule has 0 saturated heterocycles. The normalized spacial score (nSPS) is 12.6. The number of hydrogen-bond donors (Lipinski definition) is 1. The third-order valence-electron chi connectivity index (χ3n) is 3.30. The van der Waals surface area contributed by atoms with Crippen molar-refractivity contribution in [3.05, 3.63) is 65.2 Å². The Morgan fingerprint density at radius 3 is 2.32 bits per heavy atom. The molecule has 0 radical (unpaired) electrons. The molecule has 0 aromatic heterocycles. The molecule has 1 amide bonds. The van der Waals surface area contributed by atoms with Crippen molar-refractivity contribution in [1.82, 2.24) is 5.32 Å². The largest absolute Gasteiger partial charge is 0.484 e. The van der Waals surface area contributed by atoms with Crippen LogP contribution in [0.15, 0.2) is 42.5 Å². The van der Waals surface area contributed by atoms with E-state index in [0.29, 0.717) is 6.07 Å². The quantitative estimate of drug-likeness (QED) is 0.804. The molecule has 3 nitrogen and oxygen atoms in total. The van der Waals surface area contributed by atoms with Gasteiger partial charge in [0, 0.05) is 17.2 Å². The molecule has 0 heterocycles. The third-order valence-corrected chi connectivity index (χ3v) is 3.30. The number of carbonyl (C=O) groups excluding carboxylic acids is 1. The van der Waals surface area contributed by atoms with Gasteiger partial charge >= 0.3 is 6.18 Å². The second-order valence-electron chi connectivity index (χ2n) is 5.29. The molecule has 0 aliphatic heterocycles. The van der Waals surface area contributed by atoms with Gasteiger partial charge in [0.2, 0.25) is 0 Å². The number of amides is 1. The van der Waals surface area contributed by atoms with Crippen molar-refractivity contribution in [3.8, 4) is 5.75 Å². The summed E-state index contributed by atoms with van der Waals surface area (Å²) in [6.45, 7) is 0.0917. The van der Waals surface area contributed by atoms with E-state index in [-0.39, 0.29) is 16.9 Å². The topological polar surface area (TPSA) is 38.3 Å². The number of nitrogens with one attached hydrogen (secondary N) is 1. The average Bonchev–Trinajstić information content (AvgIpc) is 2.52. The van der Waals surface area contributed by atoms with Crippen LogP contribution in [0.1, 0.15) is 28.9 Å². The number of halogens is 5. The fourth-order valence-electron chi connectivity index (χ4n) is 2.08. The second kappa shape index (κ2) is 7.50. The first-order valence-electron chi connectivity index (χ1n) is 7.21. The summed E-state index contributed by atoms with van der Waals surface area (Å²) in [5, 5.41) is 2.53. The second-order valence-corrected chi connectivity index (χ2v) is 5.29. The zero-order valence-corrected chi connectivity index (χ0v) is 13.0. The van der Waals surface area contributed by atoms with Crippen LogP contribution in [0.3, 0.4) is 0 Å².